The molecule has 0 amide bonds. The molecular weight excluding hydrogens is 206 g/mol. The molecule has 1 heterocycles. The van der Waals surface area contributed by atoms with E-state index >= 15 is 0 Å². The van der Waals surface area contributed by atoms with Crippen LogP contribution in [0.1, 0.15) is 10.5 Å². The van der Waals surface area contributed by atoms with E-state index in [1.165, 1.54) is 0 Å². The van der Waals surface area contributed by atoms with Crippen LogP contribution in [0.3, 0.4) is 0 Å². The van der Waals surface area contributed by atoms with Crippen molar-refractivity contribution in [1.82, 2.24) is 4.98 Å². The van der Waals surface area contributed by atoms with Gasteiger partial charge in [0.25, 0.3) is 0 Å². The third-order valence-electron chi connectivity index (χ3n) is 1.19. The Morgan fingerprint density at radius 1 is 1.43 bits per heavy atom. The monoisotopic (exact) mass is 209 g/mol. The maximum Gasteiger partial charge on any atom is 0.573 e. The normalized spacial score (nSPS) is 11.1. The summed E-state index contributed by atoms with van der Waals surface area (Å²) in [5, 5.41) is 0. The van der Waals surface area contributed by atoms with E-state index in [-0.39, 0.29) is 6.29 Å². The number of alkyl halides is 3. The highest BCUT2D eigenvalue weighted by Crippen LogP contribution is 2.22. The molecule has 14 heavy (non-hydrogen) atoms. The highest BCUT2D eigenvalue weighted by Gasteiger charge is 2.31. The number of ether oxygens (including phenoxy) is 1. The van der Waals surface area contributed by atoms with Crippen LogP contribution in [-0.4, -0.2) is 17.6 Å². The van der Waals surface area contributed by atoms with Gasteiger partial charge >= 0.3 is 6.36 Å². The van der Waals surface area contributed by atoms with Gasteiger partial charge in [0.15, 0.2) is 17.9 Å². The van der Waals surface area contributed by atoms with E-state index in [1.807, 2.05) is 0 Å². The number of halogens is 4. The molecule has 0 spiro atoms. The van der Waals surface area contributed by atoms with Gasteiger partial charge in [0.05, 0.1) is 6.20 Å². The van der Waals surface area contributed by atoms with Crippen LogP contribution < -0.4 is 4.74 Å². The fourth-order valence-corrected chi connectivity index (χ4v) is 0.707. The first-order valence-corrected chi connectivity index (χ1v) is 3.29. The number of hydrogen-bond acceptors (Lipinski definition) is 3. The Morgan fingerprint density at radius 3 is 2.50 bits per heavy atom. The summed E-state index contributed by atoms with van der Waals surface area (Å²) in [6, 6.07) is 0.435. The first-order valence-electron chi connectivity index (χ1n) is 3.29. The summed E-state index contributed by atoms with van der Waals surface area (Å²) < 4.78 is 50.9. The van der Waals surface area contributed by atoms with Gasteiger partial charge in [-0.05, 0) is 0 Å². The summed E-state index contributed by atoms with van der Waals surface area (Å²) in [4.78, 5) is 13.2. The molecule has 7 heteroatoms. The van der Waals surface area contributed by atoms with Crippen LogP contribution in [-0.2, 0) is 0 Å². The molecule has 0 saturated carbocycles. The molecule has 1 aromatic heterocycles. The Hall–Kier alpha value is -1.66. The molecule has 0 N–H and O–H groups in total. The van der Waals surface area contributed by atoms with Crippen LogP contribution in [0.15, 0.2) is 12.3 Å². The van der Waals surface area contributed by atoms with Gasteiger partial charge in [-0.15, -0.1) is 13.2 Å². The van der Waals surface area contributed by atoms with Crippen molar-refractivity contribution in [3.8, 4) is 5.75 Å². The topological polar surface area (TPSA) is 39.2 Å². The van der Waals surface area contributed by atoms with E-state index in [1.54, 1.807) is 0 Å². The molecule has 0 aliphatic carbocycles. The Balaban J connectivity index is 2.92. The lowest BCUT2D eigenvalue weighted by Crippen LogP contribution is -2.17. The van der Waals surface area contributed by atoms with Gasteiger partial charge < -0.3 is 4.74 Å². The van der Waals surface area contributed by atoms with Crippen LogP contribution in [0.5, 0.6) is 5.75 Å². The number of pyridine rings is 1. The zero-order valence-corrected chi connectivity index (χ0v) is 6.51. The van der Waals surface area contributed by atoms with Crippen molar-refractivity contribution in [2.75, 3.05) is 0 Å². The van der Waals surface area contributed by atoms with Crippen molar-refractivity contribution < 1.29 is 27.1 Å². The molecule has 0 unspecified atom stereocenters. The maximum absolute atomic E-state index is 12.7. The third-order valence-corrected chi connectivity index (χ3v) is 1.19. The minimum absolute atomic E-state index is 0.0900. The fraction of sp³-hybridized carbons (Fsp3) is 0.143. The van der Waals surface area contributed by atoms with Gasteiger partial charge in [-0.25, -0.2) is 9.37 Å². The van der Waals surface area contributed by atoms with Gasteiger partial charge in [0.1, 0.15) is 5.69 Å². The highest BCUT2D eigenvalue weighted by molar-refractivity contribution is 5.72. The van der Waals surface area contributed by atoms with E-state index in [0.717, 1.165) is 0 Å². The molecule has 0 saturated heterocycles. The zero-order chi connectivity index (χ0) is 10.8. The lowest BCUT2D eigenvalue weighted by Gasteiger charge is -2.07. The Bertz CT molecular complexity index is 350. The smallest absolute Gasteiger partial charge is 0.404 e. The first kappa shape index (κ1) is 10.4. The predicted octanol–water partition coefficient (Wildman–Crippen LogP) is 1.93. The zero-order valence-electron chi connectivity index (χ0n) is 6.51. The van der Waals surface area contributed by atoms with E-state index in [0.29, 0.717) is 12.3 Å². The summed E-state index contributed by atoms with van der Waals surface area (Å²) in [5.74, 6) is -1.97. The van der Waals surface area contributed by atoms with E-state index in [2.05, 4.69) is 9.72 Å². The van der Waals surface area contributed by atoms with Gasteiger partial charge in [-0.2, -0.15) is 0 Å². The molecule has 0 aliphatic heterocycles. The summed E-state index contributed by atoms with van der Waals surface area (Å²) >= 11 is 0. The summed E-state index contributed by atoms with van der Waals surface area (Å²) in [6.07, 6.45) is -4.20. The molecule has 0 radical (unpaired) electrons. The fourth-order valence-electron chi connectivity index (χ4n) is 0.707. The number of rotatable bonds is 2. The Kier molecular flexibility index (Phi) is 2.68. The average molecular weight is 209 g/mol. The Morgan fingerprint density at radius 2 is 2.07 bits per heavy atom. The molecule has 76 valence electrons. The molecule has 0 aliphatic rings. The predicted molar refractivity (Wildman–Crippen MR) is 36.3 cm³/mol. The number of aldehydes is 1. The van der Waals surface area contributed by atoms with E-state index in [9.17, 15) is 22.4 Å². The van der Waals surface area contributed by atoms with Crippen molar-refractivity contribution in [2.45, 2.75) is 6.36 Å². The lowest BCUT2D eigenvalue weighted by molar-refractivity contribution is -0.274. The highest BCUT2D eigenvalue weighted by atomic mass is 19.4. The van der Waals surface area contributed by atoms with Crippen molar-refractivity contribution >= 4 is 6.29 Å². The maximum atomic E-state index is 12.7. The van der Waals surface area contributed by atoms with Gasteiger partial charge in [-0.3, -0.25) is 4.79 Å². The minimum atomic E-state index is -4.91. The number of nitrogens with zero attached hydrogens (tertiary/aromatic N) is 1. The van der Waals surface area contributed by atoms with Crippen molar-refractivity contribution in [1.29, 1.82) is 0 Å². The number of carbonyl (C=O) groups excluding carboxylic acids is 1. The van der Waals surface area contributed by atoms with Crippen LogP contribution in [0.4, 0.5) is 17.6 Å². The standard InChI is InChI=1S/C7H3F4NO2/c8-5-1-4(14-7(9,10)11)2-12-6(5)3-13/h1-3H. The van der Waals surface area contributed by atoms with Gasteiger partial charge in [0.2, 0.25) is 0 Å². The molecule has 0 fully saturated rings. The van der Waals surface area contributed by atoms with Gasteiger partial charge in [0, 0.05) is 6.07 Å². The number of carbonyl (C=O) groups is 1. The summed E-state index contributed by atoms with van der Waals surface area (Å²) in [5.41, 5.74) is -0.570. The molecule has 0 atom stereocenters. The number of aromatic nitrogens is 1. The lowest BCUT2D eigenvalue weighted by atomic mass is 10.3. The van der Waals surface area contributed by atoms with Crippen LogP contribution >= 0.6 is 0 Å². The first-order chi connectivity index (χ1) is 6.42. The van der Waals surface area contributed by atoms with Crippen molar-refractivity contribution in [2.24, 2.45) is 0 Å². The van der Waals surface area contributed by atoms with E-state index < -0.39 is 23.6 Å². The van der Waals surface area contributed by atoms with Gasteiger partial charge in [-0.1, -0.05) is 0 Å². The third kappa shape index (κ3) is 2.68. The van der Waals surface area contributed by atoms with Crippen molar-refractivity contribution in [3.63, 3.8) is 0 Å². The van der Waals surface area contributed by atoms with E-state index in [4.69, 9.17) is 0 Å². The largest absolute Gasteiger partial charge is 0.573 e. The summed E-state index contributed by atoms with van der Waals surface area (Å²) in [7, 11) is 0. The van der Waals surface area contributed by atoms with Crippen LogP contribution in [0, 0.1) is 5.82 Å². The van der Waals surface area contributed by atoms with Crippen LogP contribution in [0.2, 0.25) is 0 Å². The molecular formula is C7H3F4NO2. The molecule has 1 rings (SSSR count). The minimum Gasteiger partial charge on any atom is -0.404 e. The second-order valence-corrected chi connectivity index (χ2v) is 2.20. The SMILES string of the molecule is O=Cc1ncc(OC(F)(F)F)cc1F. The summed E-state index contributed by atoms with van der Waals surface area (Å²) in [6.45, 7) is 0. The van der Waals surface area contributed by atoms with Crippen molar-refractivity contribution in [3.05, 3.63) is 23.8 Å². The Labute approximate surface area is 75.3 Å². The molecule has 1 aromatic rings. The molecule has 0 aromatic carbocycles. The second-order valence-electron chi connectivity index (χ2n) is 2.20. The molecule has 3 nitrogen and oxygen atoms in total. The molecule has 0 bridgehead atoms. The average Bonchev–Trinajstić information content (AvgIpc) is 2.01. The van der Waals surface area contributed by atoms with Crippen LogP contribution in [0.25, 0.3) is 0 Å². The number of hydrogen-bond donors (Lipinski definition) is 0. The second kappa shape index (κ2) is 3.60. The quantitative estimate of drug-likeness (QED) is 0.551.